The van der Waals surface area contributed by atoms with E-state index in [9.17, 15) is 4.79 Å². The van der Waals surface area contributed by atoms with E-state index in [2.05, 4.69) is 15.6 Å². The topological polar surface area (TPSA) is 54.0 Å². The number of nitrogens with zero attached hydrogens (tertiary/aromatic N) is 1. The number of anilines is 1. The van der Waals surface area contributed by atoms with Crippen molar-refractivity contribution < 1.29 is 4.79 Å². The van der Waals surface area contributed by atoms with Crippen LogP contribution in [0.5, 0.6) is 0 Å². The summed E-state index contributed by atoms with van der Waals surface area (Å²) < 4.78 is 0. The van der Waals surface area contributed by atoms with E-state index in [1.165, 1.54) is 4.88 Å². The average molecular weight is 253 g/mol. The Morgan fingerprint density at radius 2 is 2.18 bits per heavy atom. The average Bonchev–Trinajstić information content (AvgIpc) is 2.59. The van der Waals surface area contributed by atoms with Crippen molar-refractivity contribution in [3.05, 3.63) is 10.6 Å². The van der Waals surface area contributed by atoms with E-state index in [1.807, 2.05) is 13.8 Å². The first-order chi connectivity index (χ1) is 8.15. The van der Waals surface area contributed by atoms with Crippen LogP contribution in [0.15, 0.2) is 0 Å². The van der Waals surface area contributed by atoms with Gasteiger partial charge in [0.15, 0.2) is 5.13 Å². The fourth-order valence-electron chi connectivity index (χ4n) is 2.04. The molecule has 1 aliphatic rings. The number of hydrogen-bond donors (Lipinski definition) is 2. The summed E-state index contributed by atoms with van der Waals surface area (Å²) in [6, 6.07) is 0. The molecule has 0 radical (unpaired) electrons. The van der Waals surface area contributed by atoms with Crippen molar-refractivity contribution in [2.24, 2.45) is 5.92 Å². The van der Waals surface area contributed by atoms with Crippen molar-refractivity contribution in [1.29, 1.82) is 0 Å². The second-order valence-electron chi connectivity index (χ2n) is 4.61. The number of nitrogens with one attached hydrogen (secondary N) is 2. The number of aromatic nitrogens is 1. The van der Waals surface area contributed by atoms with E-state index in [4.69, 9.17) is 0 Å². The zero-order chi connectivity index (χ0) is 12.3. The van der Waals surface area contributed by atoms with E-state index in [-0.39, 0.29) is 5.91 Å². The molecule has 94 valence electrons. The lowest BCUT2D eigenvalue weighted by atomic mass is 9.94. The van der Waals surface area contributed by atoms with Crippen molar-refractivity contribution in [3.63, 3.8) is 0 Å². The third-order valence-electron chi connectivity index (χ3n) is 3.21. The van der Waals surface area contributed by atoms with E-state index in [1.54, 1.807) is 11.3 Å². The maximum Gasteiger partial charge on any atom is 0.226 e. The first kappa shape index (κ1) is 12.5. The maximum absolute atomic E-state index is 11.8. The molecule has 1 saturated heterocycles. The standard InChI is InChI=1S/C12H19N3OS/c1-8-9(2)17-12(14-8)15-11(16)7-10-3-5-13-6-4-10/h10,13H,3-7H2,1-2H3,(H,14,15,16). The van der Waals surface area contributed by atoms with Gasteiger partial charge in [-0.1, -0.05) is 0 Å². The zero-order valence-electron chi connectivity index (χ0n) is 10.4. The first-order valence-electron chi connectivity index (χ1n) is 6.09. The maximum atomic E-state index is 11.8. The van der Waals surface area contributed by atoms with Crippen molar-refractivity contribution in [2.45, 2.75) is 33.1 Å². The molecule has 1 aromatic rings. The van der Waals surface area contributed by atoms with Gasteiger partial charge in [0.1, 0.15) is 0 Å². The molecule has 0 aliphatic carbocycles. The van der Waals surface area contributed by atoms with Gasteiger partial charge < -0.3 is 10.6 Å². The molecule has 1 fully saturated rings. The van der Waals surface area contributed by atoms with Crippen LogP contribution in [0, 0.1) is 19.8 Å². The molecule has 1 amide bonds. The van der Waals surface area contributed by atoms with Crippen LogP contribution in [-0.4, -0.2) is 24.0 Å². The summed E-state index contributed by atoms with van der Waals surface area (Å²) in [5.74, 6) is 0.629. The van der Waals surface area contributed by atoms with E-state index in [0.29, 0.717) is 12.3 Å². The molecule has 0 atom stereocenters. The minimum Gasteiger partial charge on any atom is -0.317 e. The van der Waals surface area contributed by atoms with E-state index < -0.39 is 0 Å². The number of rotatable bonds is 3. The van der Waals surface area contributed by atoms with Gasteiger partial charge in [-0.3, -0.25) is 4.79 Å². The van der Waals surface area contributed by atoms with Gasteiger partial charge in [0, 0.05) is 11.3 Å². The second-order valence-corrected chi connectivity index (χ2v) is 5.81. The minimum atomic E-state index is 0.102. The summed E-state index contributed by atoms with van der Waals surface area (Å²) in [4.78, 5) is 17.3. The minimum absolute atomic E-state index is 0.102. The smallest absolute Gasteiger partial charge is 0.226 e. The van der Waals surface area contributed by atoms with Crippen LogP contribution in [0.1, 0.15) is 29.8 Å². The lowest BCUT2D eigenvalue weighted by molar-refractivity contribution is -0.117. The Morgan fingerprint density at radius 1 is 1.47 bits per heavy atom. The predicted molar refractivity (Wildman–Crippen MR) is 70.4 cm³/mol. The van der Waals surface area contributed by atoms with E-state index >= 15 is 0 Å². The molecule has 0 aromatic carbocycles. The quantitative estimate of drug-likeness (QED) is 0.867. The Balaban J connectivity index is 1.84. The van der Waals surface area contributed by atoms with Gasteiger partial charge in [-0.2, -0.15) is 0 Å². The highest BCUT2D eigenvalue weighted by Crippen LogP contribution is 2.22. The first-order valence-corrected chi connectivity index (χ1v) is 6.91. The highest BCUT2D eigenvalue weighted by Gasteiger charge is 2.17. The van der Waals surface area contributed by atoms with Crippen LogP contribution < -0.4 is 10.6 Å². The number of carbonyl (C=O) groups is 1. The molecule has 0 unspecified atom stereocenters. The molecule has 2 rings (SSSR count). The summed E-state index contributed by atoms with van der Waals surface area (Å²) >= 11 is 1.55. The number of carbonyl (C=O) groups excluding carboxylic acids is 1. The Morgan fingerprint density at radius 3 is 2.76 bits per heavy atom. The largest absolute Gasteiger partial charge is 0.317 e. The van der Waals surface area contributed by atoms with Crippen LogP contribution in [0.2, 0.25) is 0 Å². The highest BCUT2D eigenvalue weighted by molar-refractivity contribution is 7.15. The number of piperidine rings is 1. The number of thiazole rings is 1. The molecule has 1 aromatic heterocycles. The fraction of sp³-hybridized carbons (Fsp3) is 0.667. The SMILES string of the molecule is Cc1nc(NC(=O)CC2CCNCC2)sc1C. The van der Waals surface area contributed by atoms with Crippen LogP contribution in [-0.2, 0) is 4.79 Å². The lowest BCUT2D eigenvalue weighted by Gasteiger charge is -2.21. The molecule has 0 spiro atoms. The van der Waals surface area contributed by atoms with Gasteiger partial charge >= 0.3 is 0 Å². The van der Waals surface area contributed by atoms with E-state index in [0.717, 1.165) is 36.8 Å². The molecule has 17 heavy (non-hydrogen) atoms. The Hall–Kier alpha value is -0.940. The Labute approximate surface area is 106 Å². The fourth-order valence-corrected chi connectivity index (χ4v) is 2.88. The Bertz CT molecular complexity index is 377. The van der Waals surface area contributed by atoms with Gasteiger partial charge in [0.05, 0.1) is 5.69 Å². The number of hydrogen-bond acceptors (Lipinski definition) is 4. The summed E-state index contributed by atoms with van der Waals surface area (Å²) in [5.41, 5.74) is 1.01. The van der Waals surface area contributed by atoms with Crippen LogP contribution >= 0.6 is 11.3 Å². The van der Waals surface area contributed by atoms with Crippen molar-refractivity contribution in [2.75, 3.05) is 18.4 Å². The monoisotopic (exact) mass is 253 g/mol. The summed E-state index contributed by atoms with van der Waals surface area (Å²) in [6.45, 7) is 6.06. The molecule has 0 bridgehead atoms. The van der Waals surface area contributed by atoms with Crippen LogP contribution in [0.25, 0.3) is 0 Å². The number of aryl methyl sites for hydroxylation is 2. The second kappa shape index (κ2) is 5.60. The van der Waals surface area contributed by atoms with Gasteiger partial charge in [-0.05, 0) is 45.7 Å². The third-order valence-corrected chi connectivity index (χ3v) is 4.20. The molecular weight excluding hydrogens is 234 g/mol. The summed E-state index contributed by atoms with van der Waals surface area (Å²) in [6.07, 6.45) is 2.83. The molecule has 2 N–H and O–H groups in total. The molecule has 4 nitrogen and oxygen atoms in total. The van der Waals surface area contributed by atoms with Crippen molar-refractivity contribution in [1.82, 2.24) is 10.3 Å². The van der Waals surface area contributed by atoms with Gasteiger partial charge in [-0.25, -0.2) is 4.98 Å². The lowest BCUT2D eigenvalue weighted by Crippen LogP contribution is -2.30. The van der Waals surface area contributed by atoms with Crippen molar-refractivity contribution in [3.8, 4) is 0 Å². The summed E-state index contributed by atoms with van der Waals surface area (Å²) in [7, 11) is 0. The predicted octanol–water partition coefficient (Wildman–Crippen LogP) is 2.09. The summed E-state index contributed by atoms with van der Waals surface area (Å²) in [5, 5.41) is 6.94. The normalized spacial score (nSPS) is 17.1. The Kier molecular flexibility index (Phi) is 4.12. The van der Waals surface area contributed by atoms with Gasteiger partial charge in [-0.15, -0.1) is 11.3 Å². The third kappa shape index (κ3) is 3.51. The highest BCUT2D eigenvalue weighted by atomic mass is 32.1. The number of amides is 1. The molecule has 2 heterocycles. The van der Waals surface area contributed by atoms with Crippen LogP contribution in [0.4, 0.5) is 5.13 Å². The molecule has 5 heteroatoms. The zero-order valence-corrected chi connectivity index (χ0v) is 11.2. The van der Waals surface area contributed by atoms with Crippen molar-refractivity contribution >= 4 is 22.4 Å². The molecular formula is C12H19N3OS. The van der Waals surface area contributed by atoms with Gasteiger partial charge in [0.2, 0.25) is 5.91 Å². The molecule has 0 saturated carbocycles. The van der Waals surface area contributed by atoms with Crippen LogP contribution in [0.3, 0.4) is 0 Å². The molecule has 1 aliphatic heterocycles. The van der Waals surface area contributed by atoms with Gasteiger partial charge in [0.25, 0.3) is 0 Å².